The molecule has 0 spiro atoms. The molecular weight excluding hydrogens is 366 g/mol. The Kier molecular flexibility index (Phi) is 6.68. The number of halogens is 1. The molecule has 27 heavy (non-hydrogen) atoms. The fourth-order valence-corrected chi connectivity index (χ4v) is 3.01. The van der Waals surface area contributed by atoms with Crippen LogP contribution < -0.4 is 15.5 Å². The van der Waals surface area contributed by atoms with E-state index in [9.17, 15) is 9.59 Å². The maximum atomic E-state index is 12.3. The number of benzene rings is 2. The lowest BCUT2D eigenvalue weighted by Crippen LogP contribution is -2.37. The molecule has 0 radical (unpaired) electrons. The summed E-state index contributed by atoms with van der Waals surface area (Å²) in [5.74, 6) is -0.478. The number of anilines is 2. The van der Waals surface area contributed by atoms with Gasteiger partial charge in [0, 0.05) is 18.1 Å². The molecule has 7 heteroatoms. The van der Waals surface area contributed by atoms with E-state index in [2.05, 4.69) is 15.5 Å². The van der Waals surface area contributed by atoms with Crippen LogP contribution in [-0.4, -0.2) is 44.7 Å². The molecule has 1 saturated heterocycles. The minimum atomic E-state index is -0.264. The van der Waals surface area contributed by atoms with Gasteiger partial charge >= 0.3 is 0 Å². The Morgan fingerprint density at radius 1 is 1.00 bits per heavy atom. The van der Waals surface area contributed by atoms with Gasteiger partial charge in [0.05, 0.1) is 37.6 Å². The molecular formula is C20H22ClN3O3. The molecule has 2 aromatic carbocycles. The largest absolute Gasteiger partial charge is 0.378 e. The molecule has 0 bridgehead atoms. The molecule has 0 aliphatic carbocycles. The predicted octanol–water partition coefficient (Wildman–Crippen LogP) is 2.47. The second-order valence-corrected chi connectivity index (χ2v) is 6.68. The first-order valence-corrected chi connectivity index (χ1v) is 9.22. The van der Waals surface area contributed by atoms with Crippen LogP contribution in [0.4, 0.5) is 11.4 Å². The van der Waals surface area contributed by atoms with E-state index in [0.717, 1.165) is 30.0 Å². The molecule has 142 valence electrons. The molecule has 1 heterocycles. The second-order valence-electron chi connectivity index (χ2n) is 6.24. The molecule has 2 aromatic rings. The first-order chi connectivity index (χ1) is 13.1. The fourth-order valence-electron chi connectivity index (χ4n) is 2.88. The lowest BCUT2D eigenvalue weighted by atomic mass is 10.1. The van der Waals surface area contributed by atoms with Crippen LogP contribution >= 0.6 is 11.6 Å². The van der Waals surface area contributed by atoms with Gasteiger partial charge in [0.15, 0.2) is 0 Å². The Hall–Kier alpha value is -2.57. The maximum Gasteiger partial charge on any atom is 0.243 e. The van der Waals surface area contributed by atoms with Crippen molar-refractivity contribution in [2.45, 2.75) is 6.42 Å². The van der Waals surface area contributed by atoms with Crippen molar-refractivity contribution in [1.82, 2.24) is 5.32 Å². The number of morpholine rings is 1. The van der Waals surface area contributed by atoms with Crippen molar-refractivity contribution in [3.05, 3.63) is 59.1 Å². The van der Waals surface area contributed by atoms with E-state index in [4.69, 9.17) is 16.3 Å². The summed E-state index contributed by atoms with van der Waals surface area (Å²) in [6.07, 6.45) is 0.203. The zero-order valence-electron chi connectivity index (χ0n) is 14.9. The van der Waals surface area contributed by atoms with E-state index in [-0.39, 0.29) is 24.8 Å². The Morgan fingerprint density at radius 2 is 1.70 bits per heavy atom. The van der Waals surface area contributed by atoms with Crippen LogP contribution in [0.25, 0.3) is 0 Å². The van der Waals surface area contributed by atoms with Gasteiger partial charge < -0.3 is 20.3 Å². The average Bonchev–Trinajstić information content (AvgIpc) is 2.69. The lowest BCUT2D eigenvalue weighted by molar-refractivity contribution is -0.123. The van der Waals surface area contributed by atoms with Gasteiger partial charge in [0.2, 0.25) is 11.8 Å². The molecule has 1 aliphatic rings. The van der Waals surface area contributed by atoms with Gasteiger partial charge in [-0.25, -0.2) is 0 Å². The Labute approximate surface area is 163 Å². The van der Waals surface area contributed by atoms with Crippen molar-refractivity contribution in [1.29, 1.82) is 0 Å². The van der Waals surface area contributed by atoms with Crippen LogP contribution in [0.3, 0.4) is 0 Å². The number of nitrogens with one attached hydrogen (secondary N) is 2. The number of hydrogen-bond donors (Lipinski definition) is 2. The number of hydrogen-bond acceptors (Lipinski definition) is 4. The number of carbonyl (C=O) groups excluding carboxylic acids is 2. The van der Waals surface area contributed by atoms with Crippen molar-refractivity contribution in [2.75, 3.05) is 43.1 Å². The molecule has 1 aliphatic heterocycles. The number of rotatable bonds is 6. The third-order valence-corrected chi connectivity index (χ3v) is 4.51. The van der Waals surface area contributed by atoms with Gasteiger partial charge in [-0.2, -0.15) is 0 Å². The molecule has 2 N–H and O–H groups in total. The SMILES string of the molecule is O=C(Cc1ccc(Cl)cc1)NCC(=O)Nc1ccccc1N1CCOCC1. The smallest absolute Gasteiger partial charge is 0.243 e. The van der Waals surface area contributed by atoms with Gasteiger partial charge in [-0.3, -0.25) is 9.59 Å². The number of carbonyl (C=O) groups is 2. The monoisotopic (exact) mass is 387 g/mol. The average molecular weight is 388 g/mol. The fraction of sp³-hybridized carbons (Fsp3) is 0.300. The van der Waals surface area contributed by atoms with Crippen LogP contribution in [0.2, 0.25) is 5.02 Å². The second kappa shape index (κ2) is 9.39. The molecule has 0 atom stereocenters. The van der Waals surface area contributed by atoms with Crippen molar-refractivity contribution in [2.24, 2.45) is 0 Å². The molecule has 0 saturated carbocycles. The van der Waals surface area contributed by atoms with Crippen molar-refractivity contribution in [3.8, 4) is 0 Å². The quantitative estimate of drug-likeness (QED) is 0.798. The standard InChI is InChI=1S/C20H22ClN3O3/c21-16-7-5-15(6-8-16)13-19(25)22-14-20(26)23-17-3-1-2-4-18(17)24-9-11-27-12-10-24/h1-8H,9-14H2,(H,22,25)(H,23,26). The summed E-state index contributed by atoms with van der Waals surface area (Å²) in [4.78, 5) is 26.5. The van der Waals surface area contributed by atoms with Crippen molar-refractivity contribution >= 4 is 34.8 Å². The highest BCUT2D eigenvalue weighted by Gasteiger charge is 2.16. The van der Waals surface area contributed by atoms with E-state index in [1.54, 1.807) is 24.3 Å². The summed E-state index contributed by atoms with van der Waals surface area (Å²) < 4.78 is 5.38. The summed E-state index contributed by atoms with van der Waals surface area (Å²) >= 11 is 5.83. The Bertz CT molecular complexity index is 789. The van der Waals surface area contributed by atoms with E-state index < -0.39 is 0 Å². The van der Waals surface area contributed by atoms with E-state index in [1.807, 2.05) is 24.3 Å². The zero-order valence-corrected chi connectivity index (χ0v) is 15.7. The normalized spacial score (nSPS) is 13.9. The molecule has 1 fully saturated rings. The first-order valence-electron chi connectivity index (χ1n) is 8.84. The predicted molar refractivity (Wildman–Crippen MR) is 106 cm³/mol. The molecule has 0 aromatic heterocycles. The third kappa shape index (κ3) is 5.70. The van der Waals surface area contributed by atoms with Gasteiger partial charge in [-0.15, -0.1) is 0 Å². The van der Waals surface area contributed by atoms with Gasteiger partial charge in [-0.05, 0) is 29.8 Å². The zero-order chi connectivity index (χ0) is 19.1. The Balaban J connectivity index is 1.52. The minimum Gasteiger partial charge on any atom is -0.378 e. The highest BCUT2D eigenvalue weighted by molar-refractivity contribution is 6.30. The summed E-state index contributed by atoms with van der Waals surface area (Å²) in [7, 11) is 0. The summed E-state index contributed by atoms with van der Waals surface area (Å²) in [6.45, 7) is 2.82. The number of nitrogens with zero attached hydrogens (tertiary/aromatic N) is 1. The molecule has 0 unspecified atom stereocenters. The Morgan fingerprint density at radius 3 is 2.44 bits per heavy atom. The van der Waals surface area contributed by atoms with E-state index in [1.165, 1.54) is 0 Å². The van der Waals surface area contributed by atoms with Crippen molar-refractivity contribution in [3.63, 3.8) is 0 Å². The van der Waals surface area contributed by atoms with Crippen LogP contribution in [-0.2, 0) is 20.7 Å². The number of para-hydroxylation sites is 2. The van der Waals surface area contributed by atoms with Crippen LogP contribution in [0.5, 0.6) is 0 Å². The first kappa shape index (κ1) is 19.2. The molecule has 6 nitrogen and oxygen atoms in total. The summed E-state index contributed by atoms with van der Waals surface area (Å²) in [5.41, 5.74) is 2.54. The summed E-state index contributed by atoms with van der Waals surface area (Å²) in [6, 6.07) is 14.7. The van der Waals surface area contributed by atoms with Gasteiger partial charge in [0.25, 0.3) is 0 Å². The maximum absolute atomic E-state index is 12.3. The minimum absolute atomic E-state index is 0.0795. The van der Waals surface area contributed by atoms with Crippen LogP contribution in [0, 0.1) is 0 Å². The highest BCUT2D eigenvalue weighted by Crippen LogP contribution is 2.26. The van der Waals surface area contributed by atoms with E-state index >= 15 is 0 Å². The third-order valence-electron chi connectivity index (χ3n) is 4.25. The number of amides is 2. The van der Waals surface area contributed by atoms with Gasteiger partial charge in [-0.1, -0.05) is 35.9 Å². The summed E-state index contributed by atoms with van der Waals surface area (Å²) in [5, 5.41) is 6.15. The lowest BCUT2D eigenvalue weighted by Gasteiger charge is -2.30. The highest BCUT2D eigenvalue weighted by atomic mass is 35.5. The molecule has 2 amide bonds. The molecule has 3 rings (SSSR count). The van der Waals surface area contributed by atoms with Crippen LogP contribution in [0.15, 0.2) is 48.5 Å². The van der Waals surface area contributed by atoms with Crippen LogP contribution in [0.1, 0.15) is 5.56 Å². The van der Waals surface area contributed by atoms with Gasteiger partial charge in [0.1, 0.15) is 0 Å². The van der Waals surface area contributed by atoms with E-state index in [0.29, 0.717) is 18.2 Å². The van der Waals surface area contributed by atoms with Crippen molar-refractivity contribution < 1.29 is 14.3 Å². The number of ether oxygens (including phenoxy) is 1. The topological polar surface area (TPSA) is 70.7 Å².